The van der Waals surface area contributed by atoms with E-state index in [2.05, 4.69) is 6.58 Å². The van der Waals surface area contributed by atoms with Crippen LogP contribution >= 0.6 is 0 Å². The summed E-state index contributed by atoms with van der Waals surface area (Å²) in [5.41, 5.74) is -1.39. The molecule has 0 N–H and O–H groups in total. The van der Waals surface area contributed by atoms with Gasteiger partial charge in [0.05, 0.1) is 13.2 Å². The van der Waals surface area contributed by atoms with Gasteiger partial charge in [-0.1, -0.05) is 26.3 Å². The third kappa shape index (κ3) is 3.08. The molecule has 0 spiro atoms. The Labute approximate surface area is 103 Å². The van der Waals surface area contributed by atoms with Crippen molar-refractivity contribution in [3.8, 4) is 0 Å². The lowest BCUT2D eigenvalue weighted by atomic mass is 9.75. The molecule has 0 aromatic heterocycles. The van der Waals surface area contributed by atoms with Gasteiger partial charge in [-0.25, -0.2) is 0 Å². The number of ether oxygens (including phenoxy) is 2. The van der Waals surface area contributed by atoms with Crippen LogP contribution in [0.25, 0.3) is 0 Å². The highest BCUT2D eigenvalue weighted by Crippen LogP contribution is 2.34. The second-order valence-corrected chi connectivity index (χ2v) is 3.82. The fourth-order valence-corrected chi connectivity index (χ4v) is 1.68. The monoisotopic (exact) mass is 242 g/mol. The Kier molecular flexibility index (Phi) is 6.54. The summed E-state index contributed by atoms with van der Waals surface area (Å²) in [5.74, 6) is -1.37. The van der Waals surface area contributed by atoms with Gasteiger partial charge in [-0.3, -0.25) is 9.59 Å². The van der Waals surface area contributed by atoms with E-state index in [1.807, 2.05) is 13.8 Å². The van der Waals surface area contributed by atoms with Crippen LogP contribution in [0.3, 0.4) is 0 Å². The van der Waals surface area contributed by atoms with E-state index in [1.165, 1.54) is 6.08 Å². The van der Waals surface area contributed by atoms with E-state index >= 15 is 0 Å². The second kappa shape index (κ2) is 7.09. The Morgan fingerprint density at radius 1 is 1.18 bits per heavy atom. The maximum absolute atomic E-state index is 12.0. The van der Waals surface area contributed by atoms with Crippen LogP contribution in [0.4, 0.5) is 0 Å². The number of esters is 2. The van der Waals surface area contributed by atoms with E-state index in [0.717, 1.165) is 0 Å². The molecule has 4 heteroatoms. The molecule has 0 radical (unpaired) electrons. The molecule has 0 bridgehead atoms. The average Bonchev–Trinajstić information content (AvgIpc) is 2.31. The van der Waals surface area contributed by atoms with Gasteiger partial charge in [0.1, 0.15) is 0 Å². The summed E-state index contributed by atoms with van der Waals surface area (Å²) >= 11 is 0. The van der Waals surface area contributed by atoms with Crippen molar-refractivity contribution in [1.29, 1.82) is 0 Å². The normalized spacial score (nSPS) is 12.7. The molecule has 0 saturated carbocycles. The van der Waals surface area contributed by atoms with Crippen LogP contribution in [0.2, 0.25) is 0 Å². The lowest BCUT2D eigenvalue weighted by Crippen LogP contribution is -2.45. The lowest BCUT2D eigenvalue weighted by Gasteiger charge is -2.30. The summed E-state index contributed by atoms with van der Waals surface area (Å²) in [7, 11) is 0. The molecule has 1 unspecified atom stereocenters. The summed E-state index contributed by atoms with van der Waals surface area (Å²) in [6, 6.07) is 0. The van der Waals surface area contributed by atoms with Crippen molar-refractivity contribution in [2.75, 3.05) is 13.2 Å². The predicted molar refractivity (Wildman–Crippen MR) is 65.4 cm³/mol. The van der Waals surface area contributed by atoms with Crippen LogP contribution in [-0.4, -0.2) is 25.2 Å². The summed E-state index contributed by atoms with van der Waals surface area (Å²) in [4.78, 5) is 24.0. The molecule has 0 aliphatic rings. The molecule has 0 aliphatic carbocycles. The average molecular weight is 242 g/mol. The minimum atomic E-state index is -1.39. The van der Waals surface area contributed by atoms with Crippen molar-refractivity contribution in [2.45, 2.75) is 34.1 Å². The molecular formula is C13H22O4. The molecule has 0 saturated heterocycles. The largest absolute Gasteiger partial charge is 0.465 e. The van der Waals surface area contributed by atoms with Crippen molar-refractivity contribution in [1.82, 2.24) is 0 Å². The van der Waals surface area contributed by atoms with Gasteiger partial charge in [0.2, 0.25) is 0 Å². The van der Waals surface area contributed by atoms with Gasteiger partial charge in [-0.05, 0) is 19.8 Å². The molecule has 0 aliphatic heterocycles. The lowest BCUT2D eigenvalue weighted by molar-refractivity contribution is -0.171. The van der Waals surface area contributed by atoms with Crippen molar-refractivity contribution < 1.29 is 19.1 Å². The number of rotatable bonds is 7. The van der Waals surface area contributed by atoms with E-state index in [-0.39, 0.29) is 19.1 Å². The van der Waals surface area contributed by atoms with Gasteiger partial charge in [-0.15, -0.1) is 6.58 Å². The Balaban J connectivity index is 5.35. The molecule has 98 valence electrons. The van der Waals surface area contributed by atoms with Crippen LogP contribution in [0.5, 0.6) is 0 Å². The van der Waals surface area contributed by atoms with Gasteiger partial charge in [0.25, 0.3) is 0 Å². The van der Waals surface area contributed by atoms with E-state index in [0.29, 0.717) is 6.42 Å². The fraction of sp³-hybridized carbons (Fsp3) is 0.692. The van der Waals surface area contributed by atoms with E-state index in [9.17, 15) is 9.59 Å². The van der Waals surface area contributed by atoms with Crippen molar-refractivity contribution in [3.05, 3.63) is 12.7 Å². The van der Waals surface area contributed by atoms with Gasteiger partial charge in [-0.2, -0.15) is 0 Å². The summed E-state index contributed by atoms with van der Waals surface area (Å²) in [6.07, 6.45) is 2.00. The summed E-state index contributed by atoms with van der Waals surface area (Å²) < 4.78 is 9.96. The van der Waals surface area contributed by atoms with Gasteiger partial charge < -0.3 is 9.47 Å². The Morgan fingerprint density at radius 3 is 1.82 bits per heavy atom. The van der Waals surface area contributed by atoms with E-state index < -0.39 is 17.4 Å². The highest BCUT2D eigenvalue weighted by Gasteiger charge is 2.50. The highest BCUT2D eigenvalue weighted by atomic mass is 16.6. The van der Waals surface area contributed by atoms with Crippen LogP contribution < -0.4 is 0 Å². The molecule has 0 heterocycles. The first-order valence-corrected chi connectivity index (χ1v) is 5.99. The Bertz CT molecular complexity index is 265. The molecule has 0 rings (SSSR count). The molecule has 0 aromatic carbocycles. The number of hydrogen-bond donors (Lipinski definition) is 0. The van der Waals surface area contributed by atoms with Crippen LogP contribution in [0.15, 0.2) is 12.7 Å². The maximum atomic E-state index is 12.0. The van der Waals surface area contributed by atoms with Gasteiger partial charge in [0.15, 0.2) is 5.41 Å². The first-order chi connectivity index (χ1) is 8.00. The zero-order valence-electron chi connectivity index (χ0n) is 11.1. The topological polar surface area (TPSA) is 52.6 Å². The Hall–Kier alpha value is -1.32. The molecule has 4 nitrogen and oxygen atoms in total. The van der Waals surface area contributed by atoms with Crippen molar-refractivity contribution in [3.63, 3.8) is 0 Å². The third-order valence-corrected chi connectivity index (χ3v) is 2.94. The fourth-order valence-electron chi connectivity index (χ4n) is 1.68. The van der Waals surface area contributed by atoms with Crippen LogP contribution in [0.1, 0.15) is 34.1 Å². The molecule has 17 heavy (non-hydrogen) atoms. The SMILES string of the molecule is C=CC(C(=O)OCC)(C(=O)OCC)C(C)CC. The number of carbonyl (C=O) groups excluding carboxylic acids is 2. The first kappa shape index (κ1) is 15.7. The standard InChI is InChI=1S/C13H22O4/c1-6-10(5)13(7-2,11(14)16-8-3)12(15)17-9-4/h7,10H,2,6,8-9H2,1,3-5H3. The zero-order chi connectivity index (χ0) is 13.5. The van der Waals surface area contributed by atoms with Crippen molar-refractivity contribution in [2.24, 2.45) is 11.3 Å². The molecule has 0 amide bonds. The summed E-state index contributed by atoms with van der Waals surface area (Å²) in [6.45, 7) is 11.2. The zero-order valence-corrected chi connectivity index (χ0v) is 11.1. The smallest absolute Gasteiger partial charge is 0.327 e. The second-order valence-electron chi connectivity index (χ2n) is 3.82. The minimum absolute atomic E-state index is 0.210. The Morgan fingerprint density at radius 2 is 1.59 bits per heavy atom. The summed E-state index contributed by atoms with van der Waals surface area (Å²) in [5, 5.41) is 0. The molecular weight excluding hydrogens is 220 g/mol. The quantitative estimate of drug-likeness (QED) is 0.390. The van der Waals surface area contributed by atoms with E-state index in [1.54, 1.807) is 13.8 Å². The number of carbonyl (C=O) groups is 2. The van der Waals surface area contributed by atoms with Gasteiger partial charge >= 0.3 is 11.9 Å². The van der Waals surface area contributed by atoms with Gasteiger partial charge in [0, 0.05) is 0 Å². The highest BCUT2D eigenvalue weighted by molar-refractivity contribution is 6.02. The molecule has 1 atom stereocenters. The minimum Gasteiger partial charge on any atom is -0.465 e. The predicted octanol–water partition coefficient (Wildman–Crippen LogP) is 2.33. The third-order valence-electron chi connectivity index (χ3n) is 2.94. The molecule has 0 aromatic rings. The first-order valence-electron chi connectivity index (χ1n) is 5.99. The molecule has 0 fully saturated rings. The van der Waals surface area contributed by atoms with E-state index in [4.69, 9.17) is 9.47 Å². The van der Waals surface area contributed by atoms with Crippen LogP contribution in [-0.2, 0) is 19.1 Å². The maximum Gasteiger partial charge on any atom is 0.327 e. The number of hydrogen-bond acceptors (Lipinski definition) is 4. The van der Waals surface area contributed by atoms with Crippen LogP contribution in [0, 0.1) is 11.3 Å². The van der Waals surface area contributed by atoms with Crippen molar-refractivity contribution >= 4 is 11.9 Å².